The molecule has 0 radical (unpaired) electrons. The lowest BCUT2D eigenvalue weighted by molar-refractivity contribution is -0.118. The standard InChI is InChI=1S/C12H16N4O2/c1-7-4-8-2-3-16(10(8)5-9(7)13)6-11(17)15-12(14)18/h4-5H,2-3,6,13H2,1H3,(H3,14,15,17,18). The van der Waals surface area contributed by atoms with Crippen molar-refractivity contribution in [2.24, 2.45) is 5.73 Å². The Morgan fingerprint density at radius 2 is 2.17 bits per heavy atom. The molecule has 1 aliphatic rings. The number of carbonyl (C=O) groups is 2. The summed E-state index contributed by atoms with van der Waals surface area (Å²) in [7, 11) is 0. The van der Waals surface area contributed by atoms with Gasteiger partial charge in [-0.25, -0.2) is 4.79 Å². The molecule has 3 amide bonds. The molecular formula is C12H16N4O2. The molecule has 0 unspecified atom stereocenters. The van der Waals surface area contributed by atoms with E-state index in [4.69, 9.17) is 11.5 Å². The first-order chi connectivity index (χ1) is 8.47. The Morgan fingerprint density at radius 1 is 1.44 bits per heavy atom. The van der Waals surface area contributed by atoms with Crippen molar-refractivity contribution < 1.29 is 9.59 Å². The fourth-order valence-corrected chi connectivity index (χ4v) is 2.16. The lowest BCUT2D eigenvalue weighted by atomic mass is 10.1. The van der Waals surface area contributed by atoms with Crippen molar-refractivity contribution in [3.05, 3.63) is 23.3 Å². The Kier molecular flexibility index (Phi) is 3.10. The summed E-state index contributed by atoms with van der Waals surface area (Å²) in [5.74, 6) is -0.408. The van der Waals surface area contributed by atoms with Gasteiger partial charge in [-0.3, -0.25) is 10.1 Å². The number of primary amides is 1. The fraction of sp³-hybridized carbons (Fsp3) is 0.333. The number of aryl methyl sites for hydroxylation is 1. The number of rotatable bonds is 2. The minimum atomic E-state index is -0.831. The Labute approximate surface area is 105 Å². The van der Waals surface area contributed by atoms with E-state index < -0.39 is 11.9 Å². The Balaban J connectivity index is 2.14. The topological polar surface area (TPSA) is 101 Å². The number of benzene rings is 1. The zero-order valence-corrected chi connectivity index (χ0v) is 10.2. The van der Waals surface area contributed by atoms with E-state index >= 15 is 0 Å². The van der Waals surface area contributed by atoms with Crippen LogP contribution in [0.25, 0.3) is 0 Å². The van der Waals surface area contributed by atoms with Crippen LogP contribution in [0.2, 0.25) is 0 Å². The molecule has 1 heterocycles. The summed E-state index contributed by atoms with van der Waals surface area (Å²) in [5, 5.41) is 2.05. The van der Waals surface area contributed by atoms with Crippen LogP contribution in [0.1, 0.15) is 11.1 Å². The third-order valence-corrected chi connectivity index (χ3v) is 3.06. The molecule has 96 valence electrons. The highest BCUT2D eigenvalue weighted by molar-refractivity contribution is 5.96. The van der Waals surface area contributed by atoms with E-state index in [1.165, 1.54) is 5.56 Å². The molecule has 1 aliphatic heterocycles. The van der Waals surface area contributed by atoms with Crippen LogP contribution in [0.5, 0.6) is 0 Å². The average Bonchev–Trinajstić information content (AvgIpc) is 2.61. The van der Waals surface area contributed by atoms with Crippen molar-refractivity contribution in [1.82, 2.24) is 5.32 Å². The van der Waals surface area contributed by atoms with Crippen molar-refractivity contribution in [1.29, 1.82) is 0 Å². The number of carbonyl (C=O) groups excluding carboxylic acids is 2. The molecule has 6 heteroatoms. The zero-order valence-electron chi connectivity index (χ0n) is 10.2. The molecule has 6 nitrogen and oxygen atoms in total. The van der Waals surface area contributed by atoms with Crippen molar-refractivity contribution >= 4 is 23.3 Å². The molecule has 1 aromatic rings. The number of urea groups is 1. The van der Waals surface area contributed by atoms with Gasteiger partial charge in [-0.05, 0) is 30.5 Å². The number of hydrogen-bond acceptors (Lipinski definition) is 4. The smallest absolute Gasteiger partial charge is 0.318 e. The van der Waals surface area contributed by atoms with E-state index in [-0.39, 0.29) is 6.54 Å². The molecule has 0 spiro atoms. The van der Waals surface area contributed by atoms with Gasteiger partial charge in [-0.15, -0.1) is 0 Å². The maximum absolute atomic E-state index is 11.5. The SMILES string of the molecule is Cc1cc2c(cc1N)N(CC(=O)NC(N)=O)CC2. The number of nitrogens with one attached hydrogen (secondary N) is 1. The lowest BCUT2D eigenvalue weighted by Crippen LogP contribution is -2.41. The molecule has 0 aliphatic carbocycles. The Bertz CT molecular complexity index is 513. The number of amides is 3. The first kappa shape index (κ1) is 12.2. The number of fused-ring (bicyclic) bond motifs is 1. The summed E-state index contributed by atoms with van der Waals surface area (Å²) in [6.07, 6.45) is 0.875. The van der Waals surface area contributed by atoms with Crippen LogP contribution in [0.4, 0.5) is 16.2 Å². The van der Waals surface area contributed by atoms with Gasteiger partial charge in [0, 0.05) is 17.9 Å². The van der Waals surface area contributed by atoms with E-state index in [0.717, 1.165) is 24.2 Å². The molecule has 0 saturated carbocycles. The quantitative estimate of drug-likeness (QED) is 0.648. The van der Waals surface area contributed by atoms with Gasteiger partial charge >= 0.3 is 6.03 Å². The normalized spacial score (nSPS) is 13.3. The summed E-state index contributed by atoms with van der Waals surface area (Å²) in [6, 6.07) is 3.08. The third-order valence-electron chi connectivity index (χ3n) is 3.06. The maximum Gasteiger partial charge on any atom is 0.318 e. The lowest BCUT2D eigenvalue weighted by Gasteiger charge is -2.19. The molecule has 2 rings (SSSR count). The van der Waals surface area contributed by atoms with E-state index in [1.54, 1.807) is 0 Å². The van der Waals surface area contributed by atoms with Gasteiger partial charge < -0.3 is 16.4 Å². The highest BCUT2D eigenvalue weighted by atomic mass is 16.2. The number of nitrogens with zero attached hydrogens (tertiary/aromatic N) is 1. The third kappa shape index (κ3) is 2.37. The van der Waals surface area contributed by atoms with Crippen LogP contribution in [-0.4, -0.2) is 25.0 Å². The van der Waals surface area contributed by atoms with Crippen molar-refractivity contribution in [2.75, 3.05) is 23.7 Å². The van der Waals surface area contributed by atoms with Crippen LogP contribution in [-0.2, 0) is 11.2 Å². The van der Waals surface area contributed by atoms with Crippen LogP contribution < -0.4 is 21.7 Å². The molecular weight excluding hydrogens is 232 g/mol. The Hall–Kier alpha value is -2.24. The molecule has 18 heavy (non-hydrogen) atoms. The largest absolute Gasteiger partial charge is 0.398 e. The molecule has 1 aromatic carbocycles. The number of nitrogens with two attached hydrogens (primary N) is 2. The maximum atomic E-state index is 11.5. The summed E-state index contributed by atoms with van der Waals surface area (Å²) in [4.78, 5) is 24.0. The number of hydrogen-bond donors (Lipinski definition) is 3. The number of anilines is 2. The van der Waals surface area contributed by atoms with Crippen LogP contribution in [0, 0.1) is 6.92 Å². The van der Waals surface area contributed by atoms with Gasteiger partial charge in [-0.1, -0.05) is 6.07 Å². The second-order valence-electron chi connectivity index (χ2n) is 4.42. The van der Waals surface area contributed by atoms with E-state index in [1.807, 2.05) is 24.0 Å². The molecule has 0 atom stereocenters. The first-order valence-corrected chi connectivity index (χ1v) is 5.70. The van der Waals surface area contributed by atoms with Crippen LogP contribution >= 0.6 is 0 Å². The summed E-state index contributed by atoms with van der Waals surface area (Å²) < 4.78 is 0. The second kappa shape index (κ2) is 4.56. The van der Waals surface area contributed by atoms with Gasteiger partial charge in [-0.2, -0.15) is 0 Å². The number of imide groups is 1. The minimum absolute atomic E-state index is 0.110. The molecule has 0 aromatic heterocycles. The molecule has 0 saturated heterocycles. The summed E-state index contributed by atoms with van der Waals surface area (Å²) in [5.41, 5.74) is 14.6. The fourth-order valence-electron chi connectivity index (χ4n) is 2.16. The molecule has 5 N–H and O–H groups in total. The minimum Gasteiger partial charge on any atom is -0.398 e. The monoisotopic (exact) mass is 248 g/mol. The van der Waals surface area contributed by atoms with Gasteiger partial charge in [0.2, 0.25) is 5.91 Å². The van der Waals surface area contributed by atoms with Crippen LogP contribution in [0.3, 0.4) is 0 Å². The highest BCUT2D eigenvalue weighted by Gasteiger charge is 2.22. The van der Waals surface area contributed by atoms with E-state index in [9.17, 15) is 9.59 Å². The second-order valence-corrected chi connectivity index (χ2v) is 4.42. The Morgan fingerprint density at radius 3 is 2.83 bits per heavy atom. The summed E-state index contributed by atoms with van der Waals surface area (Å²) >= 11 is 0. The average molecular weight is 248 g/mol. The zero-order chi connectivity index (χ0) is 13.3. The predicted molar refractivity (Wildman–Crippen MR) is 69.2 cm³/mol. The molecule has 0 bridgehead atoms. The van der Waals surface area contributed by atoms with Crippen molar-refractivity contribution in [2.45, 2.75) is 13.3 Å². The molecule has 0 fully saturated rings. The predicted octanol–water partition coefficient (Wildman–Crippen LogP) is 0.135. The highest BCUT2D eigenvalue weighted by Crippen LogP contribution is 2.31. The van der Waals surface area contributed by atoms with Gasteiger partial charge in [0.25, 0.3) is 0 Å². The van der Waals surface area contributed by atoms with E-state index in [2.05, 4.69) is 5.32 Å². The van der Waals surface area contributed by atoms with E-state index in [0.29, 0.717) is 5.69 Å². The van der Waals surface area contributed by atoms with Gasteiger partial charge in [0.1, 0.15) is 0 Å². The van der Waals surface area contributed by atoms with Gasteiger partial charge in [0.05, 0.1) is 6.54 Å². The summed E-state index contributed by atoms with van der Waals surface area (Å²) in [6.45, 7) is 2.81. The van der Waals surface area contributed by atoms with Crippen molar-refractivity contribution in [3.63, 3.8) is 0 Å². The van der Waals surface area contributed by atoms with Gasteiger partial charge in [0.15, 0.2) is 0 Å². The first-order valence-electron chi connectivity index (χ1n) is 5.70. The van der Waals surface area contributed by atoms with Crippen LogP contribution in [0.15, 0.2) is 12.1 Å². The number of nitrogen functional groups attached to an aromatic ring is 1. The van der Waals surface area contributed by atoms with Crippen molar-refractivity contribution in [3.8, 4) is 0 Å².